The molecule has 1 aromatic carbocycles. The Morgan fingerprint density at radius 1 is 1.21 bits per heavy atom. The Morgan fingerprint density at radius 2 is 2.05 bits per heavy atom. The number of nitrogens with zero attached hydrogens (tertiary/aromatic N) is 1. The van der Waals surface area contributed by atoms with Gasteiger partial charge in [-0.25, -0.2) is 0 Å². The van der Waals surface area contributed by atoms with Gasteiger partial charge in [-0.15, -0.1) is 0 Å². The Kier molecular flexibility index (Phi) is 3.49. The highest BCUT2D eigenvalue weighted by molar-refractivity contribution is 5.48. The van der Waals surface area contributed by atoms with Crippen molar-refractivity contribution in [2.75, 3.05) is 5.32 Å². The highest BCUT2D eigenvalue weighted by Gasteiger charge is 2.22. The Bertz CT molecular complexity index is 545. The summed E-state index contributed by atoms with van der Waals surface area (Å²) in [5.74, 6) is 0. The zero-order valence-electron chi connectivity index (χ0n) is 11.4. The molecule has 0 fully saturated rings. The lowest BCUT2D eigenvalue weighted by Gasteiger charge is -2.15. The second-order valence-electron chi connectivity index (χ2n) is 5.23. The van der Waals surface area contributed by atoms with Crippen LogP contribution in [0.4, 0.5) is 5.69 Å². The van der Waals surface area contributed by atoms with Gasteiger partial charge in [-0.05, 0) is 48.6 Å². The third-order valence-electron chi connectivity index (χ3n) is 3.79. The second kappa shape index (κ2) is 5.43. The molecular formula is C17H20N2. The van der Waals surface area contributed by atoms with Gasteiger partial charge in [0.15, 0.2) is 0 Å². The van der Waals surface area contributed by atoms with E-state index in [1.807, 2.05) is 12.3 Å². The summed E-state index contributed by atoms with van der Waals surface area (Å²) in [6.07, 6.45) is 6.53. The molecule has 98 valence electrons. The molecule has 0 radical (unpaired) electrons. The quantitative estimate of drug-likeness (QED) is 0.884. The maximum atomic E-state index is 4.52. The van der Waals surface area contributed by atoms with Gasteiger partial charge in [-0.2, -0.15) is 0 Å². The Hall–Kier alpha value is -1.83. The molecule has 1 aliphatic rings. The number of aryl methyl sites for hydroxylation is 2. The molecule has 2 nitrogen and oxygen atoms in total. The Morgan fingerprint density at radius 3 is 2.84 bits per heavy atom. The topological polar surface area (TPSA) is 24.9 Å². The molecule has 1 atom stereocenters. The fourth-order valence-electron chi connectivity index (χ4n) is 2.81. The molecule has 19 heavy (non-hydrogen) atoms. The summed E-state index contributed by atoms with van der Waals surface area (Å²) in [5, 5.41) is 3.60. The first-order valence-corrected chi connectivity index (χ1v) is 7.16. The van der Waals surface area contributed by atoms with E-state index < -0.39 is 0 Å². The van der Waals surface area contributed by atoms with Crippen LogP contribution < -0.4 is 5.32 Å². The Balaban J connectivity index is 1.72. The van der Waals surface area contributed by atoms with Crippen LogP contribution in [0.3, 0.4) is 0 Å². The van der Waals surface area contributed by atoms with Gasteiger partial charge < -0.3 is 5.32 Å². The lowest BCUT2D eigenvalue weighted by Crippen LogP contribution is -2.08. The monoisotopic (exact) mass is 252 g/mol. The van der Waals surface area contributed by atoms with E-state index in [1.165, 1.54) is 28.9 Å². The van der Waals surface area contributed by atoms with Crippen LogP contribution in [0.25, 0.3) is 0 Å². The third-order valence-corrected chi connectivity index (χ3v) is 3.79. The summed E-state index contributed by atoms with van der Waals surface area (Å²) in [6.45, 7) is 2.22. The van der Waals surface area contributed by atoms with Gasteiger partial charge >= 0.3 is 0 Å². The van der Waals surface area contributed by atoms with Crippen molar-refractivity contribution < 1.29 is 0 Å². The van der Waals surface area contributed by atoms with E-state index in [-0.39, 0.29) is 0 Å². The predicted molar refractivity (Wildman–Crippen MR) is 79.4 cm³/mol. The molecule has 2 aromatic rings. The molecule has 0 saturated heterocycles. The first-order valence-electron chi connectivity index (χ1n) is 7.16. The van der Waals surface area contributed by atoms with Gasteiger partial charge in [-0.3, -0.25) is 4.98 Å². The molecule has 1 aromatic heterocycles. The van der Waals surface area contributed by atoms with E-state index in [2.05, 4.69) is 47.6 Å². The minimum Gasteiger partial charge on any atom is -0.377 e. The van der Waals surface area contributed by atoms with Crippen molar-refractivity contribution in [1.29, 1.82) is 0 Å². The first kappa shape index (κ1) is 12.2. The van der Waals surface area contributed by atoms with Crippen LogP contribution in [0.2, 0.25) is 0 Å². The average Bonchev–Trinajstić information content (AvgIpc) is 2.85. The fourth-order valence-corrected chi connectivity index (χ4v) is 2.81. The molecule has 0 bridgehead atoms. The summed E-state index contributed by atoms with van der Waals surface area (Å²) in [5.41, 5.74) is 5.23. The minimum atomic E-state index is 0.369. The van der Waals surface area contributed by atoms with Crippen LogP contribution in [-0.4, -0.2) is 4.98 Å². The number of hydrogen-bond donors (Lipinski definition) is 1. The van der Waals surface area contributed by atoms with Crippen molar-refractivity contribution in [2.24, 2.45) is 0 Å². The number of benzene rings is 1. The third kappa shape index (κ3) is 2.62. The van der Waals surface area contributed by atoms with E-state index in [9.17, 15) is 0 Å². The van der Waals surface area contributed by atoms with E-state index in [0.717, 1.165) is 19.3 Å². The van der Waals surface area contributed by atoms with E-state index in [1.54, 1.807) is 0 Å². The van der Waals surface area contributed by atoms with Gasteiger partial charge in [0.1, 0.15) is 0 Å². The van der Waals surface area contributed by atoms with Crippen molar-refractivity contribution in [3.05, 3.63) is 59.4 Å². The summed E-state index contributed by atoms with van der Waals surface area (Å²) >= 11 is 0. The molecule has 1 unspecified atom stereocenters. The largest absolute Gasteiger partial charge is 0.377 e. The highest BCUT2D eigenvalue weighted by atomic mass is 15.0. The maximum Gasteiger partial charge on any atom is 0.0691 e. The zero-order chi connectivity index (χ0) is 13.1. The Labute approximate surface area is 114 Å². The summed E-state index contributed by atoms with van der Waals surface area (Å²) in [6, 6.07) is 13.4. The van der Waals surface area contributed by atoms with Gasteiger partial charge in [0.2, 0.25) is 0 Å². The minimum absolute atomic E-state index is 0.369. The van der Waals surface area contributed by atoms with Crippen LogP contribution in [0.1, 0.15) is 42.6 Å². The number of pyridine rings is 1. The van der Waals surface area contributed by atoms with E-state index in [4.69, 9.17) is 0 Å². The fraction of sp³-hybridized carbons (Fsp3) is 0.353. The number of nitrogens with one attached hydrogen (secondary N) is 1. The molecule has 0 saturated carbocycles. The molecular weight excluding hydrogens is 232 g/mol. The van der Waals surface area contributed by atoms with E-state index >= 15 is 0 Å². The number of aromatic nitrogens is 1. The molecule has 1 N–H and O–H groups in total. The maximum absolute atomic E-state index is 4.52. The lowest BCUT2D eigenvalue weighted by molar-refractivity contribution is 0.746. The number of anilines is 1. The summed E-state index contributed by atoms with van der Waals surface area (Å²) in [7, 11) is 0. The van der Waals surface area contributed by atoms with Crippen LogP contribution in [0.15, 0.2) is 42.6 Å². The van der Waals surface area contributed by atoms with Gasteiger partial charge in [-0.1, -0.05) is 31.5 Å². The molecule has 3 rings (SSSR count). The van der Waals surface area contributed by atoms with Crippen LogP contribution in [0.5, 0.6) is 0 Å². The van der Waals surface area contributed by atoms with Crippen molar-refractivity contribution >= 4 is 5.69 Å². The van der Waals surface area contributed by atoms with Crippen molar-refractivity contribution in [1.82, 2.24) is 4.98 Å². The number of fused-ring (bicyclic) bond motifs is 1. The van der Waals surface area contributed by atoms with Crippen LogP contribution in [-0.2, 0) is 12.8 Å². The van der Waals surface area contributed by atoms with Gasteiger partial charge in [0, 0.05) is 11.9 Å². The molecule has 0 aliphatic heterocycles. The standard InChI is InChI=1S/C17H20N2/c1-2-4-13-6-9-15(10-7-13)19-16-11-8-14-5-3-12-18-17(14)16/h3,5-7,9-10,12,16,19H,2,4,8,11H2,1H3. The molecule has 1 aliphatic carbocycles. The predicted octanol–water partition coefficient (Wildman–Crippen LogP) is 4.13. The highest BCUT2D eigenvalue weighted by Crippen LogP contribution is 2.31. The zero-order valence-corrected chi connectivity index (χ0v) is 11.4. The smallest absolute Gasteiger partial charge is 0.0691 e. The molecule has 0 amide bonds. The van der Waals surface area contributed by atoms with Gasteiger partial charge in [0.05, 0.1) is 11.7 Å². The normalized spacial score (nSPS) is 17.2. The second-order valence-corrected chi connectivity index (χ2v) is 5.23. The van der Waals surface area contributed by atoms with Crippen molar-refractivity contribution in [3.8, 4) is 0 Å². The molecule has 2 heteroatoms. The number of hydrogen-bond acceptors (Lipinski definition) is 2. The first-order chi connectivity index (χ1) is 9.36. The van der Waals surface area contributed by atoms with Crippen molar-refractivity contribution in [2.45, 2.75) is 38.6 Å². The summed E-state index contributed by atoms with van der Waals surface area (Å²) < 4.78 is 0. The van der Waals surface area contributed by atoms with Crippen molar-refractivity contribution in [3.63, 3.8) is 0 Å². The average molecular weight is 252 g/mol. The number of rotatable bonds is 4. The van der Waals surface area contributed by atoms with E-state index in [0.29, 0.717) is 6.04 Å². The SMILES string of the molecule is CCCc1ccc(NC2CCc3cccnc32)cc1. The summed E-state index contributed by atoms with van der Waals surface area (Å²) in [4.78, 5) is 4.52. The van der Waals surface area contributed by atoms with Crippen LogP contribution in [0, 0.1) is 0 Å². The molecule has 0 spiro atoms. The lowest BCUT2D eigenvalue weighted by atomic mass is 10.1. The van der Waals surface area contributed by atoms with Crippen LogP contribution >= 0.6 is 0 Å². The van der Waals surface area contributed by atoms with Gasteiger partial charge in [0.25, 0.3) is 0 Å². The molecule has 1 heterocycles.